The first kappa shape index (κ1) is 56.8. The van der Waals surface area contributed by atoms with Crippen LogP contribution in [0.5, 0.6) is 0 Å². The highest BCUT2D eigenvalue weighted by atomic mass is 32.2. The summed E-state index contributed by atoms with van der Waals surface area (Å²) in [6.45, 7) is 12.3. The van der Waals surface area contributed by atoms with Gasteiger partial charge in [-0.3, -0.25) is 9.59 Å². The van der Waals surface area contributed by atoms with Crippen molar-refractivity contribution in [2.75, 3.05) is 32.4 Å². The van der Waals surface area contributed by atoms with Crippen LogP contribution in [0.3, 0.4) is 0 Å². The van der Waals surface area contributed by atoms with E-state index in [0.717, 1.165) is 129 Å². The molecule has 1 atom stereocenters. The van der Waals surface area contributed by atoms with Gasteiger partial charge in [-0.15, -0.1) is 0 Å². The number of hydrogen-bond acceptors (Lipinski definition) is 7. The Balaban J connectivity index is 4.45. The van der Waals surface area contributed by atoms with Gasteiger partial charge in [-0.05, 0) is 96.7 Å². The van der Waals surface area contributed by atoms with Crippen LogP contribution in [-0.2, 0) is 29.1 Å². The Hall–Kier alpha value is -1.19. The SMILES string of the molecule is CCCCCCCCC(CCC)OC(=O)CCCCCCCN(CCCCCCCC(=O)OC(CCCCCCCC)CCCCCCCC)CCCNS(C)(=O)=O. The lowest BCUT2D eigenvalue weighted by Gasteiger charge is -2.22. The van der Waals surface area contributed by atoms with Gasteiger partial charge in [0.05, 0.1) is 6.26 Å². The predicted molar refractivity (Wildman–Crippen MR) is 248 cm³/mol. The molecule has 0 saturated carbocycles. The second kappa shape index (κ2) is 42.5. The van der Waals surface area contributed by atoms with Gasteiger partial charge in [-0.1, -0.05) is 169 Å². The molecule has 1 N–H and O–H groups in total. The maximum atomic E-state index is 12.8. The number of rotatable bonds is 46. The fraction of sp³-hybridized carbons (Fsp3) is 0.959. The summed E-state index contributed by atoms with van der Waals surface area (Å²) in [6.07, 6.45) is 41.8. The average Bonchev–Trinajstić information content (AvgIpc) is 3.18. The molecule has 0 aliphatic rings. The molecule has 0 aliphatic heterocycles. The summed E-state index contributed by atoms with van der Waals surface area (Å²) in [4.78, 5) is 27.9. The Bertz CT molecular complexity index is 993. The van der Waals surface area contributed by atoms with Crippen molar-refractivity contribution in [1.82, 2.24) is 9.62 Å². The molecule has 58 heavy (non-hydrogen) atoms. The molecule has 0 aliphatic carbocycles. The molecule has 0 radical (unpaired) electrons. The minimum absolute atomic E-state index is 0.00445. The van der Waals surface area contributed by atoms with Crippen LogP contribution in [0.2, 0.25) is 0 Å². The monoisotopic (exact) mass is 843 g/mol. The van der Waals surface area contributed by atoms with Crippen molar-refractivity contribution < 1.29 is 27.5 Å². The third-order valence-corrected chi connectivity index (χ3v) is 12.3. The molecule has 0 rings (SSSR count). The van der Waals surface area contributed by atoms with Gasteiger partial charge in [0.15, 0.2) is 0 Å². The van der Waals surface area contributed by atoms with Crippen LogP contribution >= 0.6 is 0 Å². The van der Waals surface area contributed by atoms with E-state index in [2.05, 4.69) is 37.3 Å². The van der Waals surface area contributed by atoms with Crippen LogP contribution in [0.25, 0.3) is 0 Å². The summed E-state index contributed by atoms with van der Waals surface area (Å²) < 4.78 is 37.7. The van der Waals surface area contributed by atoms with Crippen molar-refractivity contribution >= 4 is 22.0 Å². The number of unbranched alkanes of at least 4 members (excludes halogenated alkanes) is 23. The number of hydrogen-bond donors (Lipinski definition) is 1. The highest BCUT2D eigenvalue weighted by Crippen LogP contribution is 2.19. The van der Waals surface area contributed by atoms with Crippen molar-refractivity contribution in [3.63, 3.8) is 0 Å². The average molecular weight is 843 g/mol. The van der Waals surface area contributed by atoms with E-state index in [1.165, 1.54) is 115 Å². The fourth-order valence-corrected chi connectivity index (χ4v) is 8.47. The Morgan fingerprint density at radius 2 is 0.759 bits per heavy atom. The number of nitrogens with one attached hydrogen (secondary N) is 1. The Morgan fingerprint density at radius 1 is 0.431 bits per heavy atom. The van der Waals surface area contributed by atoms with Gasteiger partial charge in [0.2, 0.25) is 10.0 Å². The van der Waals surface area contributed by atoms with Crippen LogP contribution in [-0.4, -0.2) is 69.9 Å². The minimum atomic E-state index is -3.17. The molecule has 0 saturated heterocycles. The molecule has 0 bridgehead atoms. The zero-order valence-corrected chi connectivity index (χ0v) is 40.1. The molecule has 9 heteroatoms. The van der Waals surface area contributed by atoms with Gasteiger partial charge in [-0.2, -0.15) is 0 Å². The van der Waals surface area contributed by atoms with Crippen molar-refractivity contribution in [3.05, 3.63) is 0 Å². The summed E-state index contributed by atoms with van der Waals surface area (Å²) in [6, 6.07) is 0. The van der Waals surface area contributed by atoms with E-state index >= 15 is 0 Å². The van der Waals surface area contributed by atoms with Crippen LogP contribution in [0.4, 0.5) is 0 Å². The first-order chi connectivity index (χ1) is 28.1. The second-order valence-corrected chi connectivity index (χ2v) is 19.4. The third kappa shape index (κ3) is 41.5. The van der Waals surface area contributed by atoms with Gasteiger partial charge < -0.3 is 14.4 Å². The maximum Gasteiger partial charge on any atom is 0.306 e. The molecule has 0 fully saturated rings. The molecule has 8 nitrogen and oxygen atoms in total. The van der Waals surface area contributed by atoms with Gasteiger partial charge in [0.1, 0.15) is 12.2 Å². The molecule has 0 aromatic rings. The van der Waals surface area contributed by atoms with E-state index in [1.807, 2.05) is 0 Å². The molecule has 0 aromatic carbocycles. The second-order valence-electron chi connectivity index (χ2n) is 17.6. The van der Waals surface area contributed by atoms with Crippen molar-refractivity contribution in [2.24, 2.45) is 0 Å². The van der Waals surface area contributed by atoms with E-state index in [-0.39, 0.29) is 24.1 Å². The van der Waals surface area contributed by atoms with Gasteiger partial charge >= 0.3 is 11.9 Å². The lowest BCUT2D eigenvalue weighted by Crippen LogP contribution is -2.31. The van der Waals surface area contributed by atoms with Crippen LogP contribution in [0, 0.1) is 0 Å². The van der Waals surface area contributed by atoms with Crippen molar-refractivity contribution in [3.8, 4) is 0 Å². The zero-order valence-electron chi connectivity index (χ0n) is 39.2. The highest BCUT2D eigenvalue weighted by Gasteiger charge is 2.15. The Labute approximate surface area is 361 Å². The number of nitrogens with zero attached hydrogens (tertiary/aromatic N) is 1. The molecule has 0 amide bonds. The summed E-state index contributed by atoms with van der Waals surface area (Å²) >= 11 is 0. The van der Waals surface area contributed by atoms with Crippen molar-refractivity contribution in [1.29, 1.82) is 0 Å². The molecule has 0 aromatic heterocycles. The normalized spacial score (nSPS) is 12.5. The first-order valence-corrected chi connectivity index (χ1v) is 27.1. The van der Waals surface area contributed by atoms with Crippen molar-refractivity contribution in [2.45, 2.75) is 271 Å². The minimum Gasteiger partial charge on any atom is -0.462 e. The van der Waals surface area contributed by atoms with E-state index < -0.39 is 10.0 Å². The summed E-state index contributed by atoms with van der Waals surface area (Å²) in [5.41, 5.74) is 0. The molecule has 0 spiro atoms. The van der Waals surface area contributed by atoms with Gasteiger partial charge in [0.25, 0.3) is 0 Å². The Morgan fingerprint density at radius 3 is 1.14 bits per heavy atom. The third-order valence-electron chi connectivity index (χ3n) is 11.6. The first-order valence-electron chi connectivity index (χ1n) is 25.2. The molecule has 1 unspecified atom stereocenters. The molecule has 346 valence electrons. The number of carbonyl (C=O) groups excluding carboxylic acids is 2. The number of sulfonamides is 1. The predicted octanol–water partition coefficient (Wildman–Crippen LogP) is 13.8. The summed E-state index contributed by atoms with van der Waals surface area (Å²) in [7, 11) is -3.17. The van der Waals surface area contributed by atoms with Crippen LogP contribution < -0.4 is 4.72 Å². The van der Waals surface area contributed by atoms with E-state index in [9.17, 15) is 18.0 Å². The van der Waals surface area contributed by atoms with E-state index in [4.69, 9.17) is 9.47 Å². The maximum absolute atomic E-state index is 12.8. The van der Waals surface area contributed by atoms with Gasteiger partial charge in [-0.25, -0.2) is 13.1 Å². The highest BCUT2D eigenvalue weighted by molar-refractivity contribution is 7.88. The lowest BCUT2D eigenvalue weighted by molar-refractivity contribution is -0.151. The standard InChI is InChI=1S/C49H98N2O6S/c1-6-10-13-16-21-28-37-46(36-9-4)56-48(52)40-31-24-19-26-33-43-51(45-35-42-50-58(5,54)55)44-34-27-20-25-32-41-49(53)57-47(38-29-22-17-14-11-7-2)39-30-23-18-15-12-8-3/h46-47,50H,6-45H2,1-5H3. The number of carbonyl (C=O) groups is 2. The molecular weight excluding hydrogens is 745 g/mol. The summed E-state index contributed by atoms with van der Waals surface area (Å²) in [5, 5.41) is 0. The lowest BCUT2D eigenvalue weighted by atomic mass is 10.0. The molecular formula is C49H98N2O6S. The zero-order chi connectivity index (χ0) is 42.8. The number of esters is 2. The number of ether oxygens (including phenoxy) is 2. The Kier molecular flexibility index (Phi) is 41.6. The van der Waals surface area contributed by atoms with E-state index in [1.54, 1.807) is 0 Å². The van der Waals surface area contributed by atoms with Gasteiger partial charge in [0, 0.05) is 19.4 Å². The van der Waals surface area contributed by atoms with Crippen LogP contribution in [0.1, 0.15) is 259 Å². The fourth-order valence-electron chi connectivity index (χ4n) is 7.96. The largest absolute Gasteiger partial charge is 0.462 e. The van der Waals surface area contributed by atoms with Crippen LogP contribution in [0.15, 0.2) is 0 Å². The smallest absolute Gasteiger partial charge is 0.306 e. The van der Waals surface area contributed by atoms with E-state index in [0.29, 0.717) is 19.4 Å². The topological polar surface area (TPSA) is 102 Å². The summed E-state index contributed by atoms with van der Waals surface area (Å²) in [5.74, 6) is -0.0281. The quantitative estimate of drug-likeness (QED) is 0.0481. The molecule has 0 heterocycles.